The zero-order valence-corrected chi connectivity index (χ0v) is 43.5. The van der Waals surface area contributed by atoms with Crippen LogP contribution in [0.2, 0.25) is 5.15 Å². The molecule has 2 aromatic carbocycles. The van der Waals surface area contributed by atoms with Gasteiger partial charge in [-0.3, -0.25) is 35.5 Å². The van der Waals surface area contributed by atoms with Gasteiger partial charge in [0.05, 0.1) is 31.4 Å². The molecule has 0 saturated carbocycles. The third-order valence-corrected chi connectivity index (χ3v) is 10.8. The molecule has 1 unspecified atom stereocenters. The Labute approximate surface area is 435 Å². The Kier molecular flexibility index (Phi) is 24.0. The van der Waals surface area contributed by atoms with Crippen molar-refractivity contribution in [3.8, 4) is 5.75 Å². The van der Waals surface area contributed by atoms with Gasteiger partial charge in [0.15, 0.2) is 34.7 Å². The molecule has 0 spiro atoms. The minimum atomic E-state index is -1.56. The number of ether oxygens (including phenoxy) is 5. The number of carbonyl (C=O) groups is 4. The first-order valence-electron chi connectivity index (χ1n) is 24.3. The van der Waals surface area contributed by atoms with Crippen LogP contribution >= 0.6 is 11.6 Å². The molecule has 4 rings (SSSR count). The van der Waals surface area contributed by atoms with Crippen LogP contribution in [0, 0.1) is 0 Å². The number of anilines is 2. The average Bonchev–Trinajstić information content (AvgIpc) is 3.52. The SMILES string of the molecule is CC(C)(C)OC(=O)NC(=NCCCC[C@H](NC[C@H](O)[C@@H](O)[C@@H]1OC(c2ccccc2)OCC[C@H]1O)C(=O)NCCOc1ccc(CCCCN=C(N)NC(=O)c2nc(Cl)c(N)nc2N)cc1)NC(=O)OC(C)(C)C. The number of nitrogens with one attached hydrogen (secondary N) is 5. The number of nitrogens with zero attached hydrogens (tertiary/aromatic N) is 4. The van der Waals surface area contributed by atoms with E-state index in [9.17, 15) is 34.5 Å². The Morgan fingerprint density at radius 1 is 0.851 bits per heavy atom. The lowest BCUT2D eigenvalue weighted by atomic mass is 10.00. The van der Waals surface area contributed by atoms with E-state index in [1.807, 2.05) is 42.5 Å². The zero-order valence-electron chi connectivity index (χ0n) is 42.8. The largest absolute Gasteiger partial charge is 0.492 e. The van der Waals surface area contributed by atoms with Crippen molar-refractivity contribution >= 4 is 59.2 Å². The van der Waals surface area contributed by atoms with Crippen molar-refractivity contribution in [2.45, 2.75) is 134 Å². The summed E-state index contributed by atoms with van der Waals surface area (Å²) in [5.41, 5.74) is 17.0. The molecule has 0 radical (unpaired) electrons. The minimum Gasteiger partial charge on any atom is -0.492 e. The number of aliphatic hydroxyl groups is 3. The Hall–Kier alpha value is -6.41. The normalized spacial score (nSPS) is 17.4. The molecular weight excluding hydrogens is 984 g/mol. The molecule has 1 aliphatic rings. The lowest BCUT2D eigenvalue weighted by molar-refractivity contribution is -0.207. The van der Waals surface area contributed by atoms with E-state index in [-0.39, 0.29) is 80.1 Å². The summed E-state index contributed by atoms with van der Waals surface area (Å²) in [6.45, 7) is 10.8. The summed E-state index contributed by atoms with van der Waals surface area (Å²) in [7, 11) is 0. The van der Waals surface area contributed by atoms with Gasteiger partial charge in [-0.25, -0.2) is 19.6 Å². The Morgan fingerprint density at radius 2 is 1.49 bits per heavy atom. The maximum absolute atomic E-state index is 13.7. The first-order valence-corrected chi connectivity index (χ1v) is 24.7. The van der Waals surface area contributed by atoms with E-state index in [2.05, 4.69) is 46.5 Å². The Morgan fingerprint density at radius 3 is 2.14 bits per heavy atom. The molecule has 3 aromatic rings. The van der Waals surface area contributed by atoms with Crippen LogP contribution in [0.25, 0.3) is 0 Å². The number of halogens is 1. The Balaban J connectivity index is 1.30. The number of guanidine groups is 2. The van der Waals surface area contributed by atoms with E-state index in [1.165, 1.54) is 0 Å². The van der Waals surface area contributed by atoms with E-state index in [4.69, 9.17) is 52.5 Å². The number of nitrogens with two attached hydrogens (primary N) is 3. The van der Waals surface area contributed by atoms with Crippen molar-refractivity contribution in [3.05, 3.63) is 76.6 Å². The summed E-state index contributed by atoms with van der Waals surface area (Å²) in [6, 6.07) is 15.7. The molecule has 1 aromatic heterocycles. The molecule has 0 bridgehead atoms. The van der Waals surface area contributed by atoms with Crippen molar-refractivity contribution in [2.75, 3.05) is 50.9 Å². The van der Waals surface area contributed by atoms with Crippen LogP contribution in [0.15, 0.2) is 64.6 Å². The van der Waals surface area contributed by atoms with E-state index < -0.39 is 72.0 Å². The lowest BCUT2D eigenvalue weighted by Gasteiger charge is -2.31. The van der Waals surface area contributed by atoms with E-state index in [0.717, 1.165) is 18.4 Å². The van der Waals surface area contributed by atoms with Crippen molar-refractivity contribution in [3.63, 3.8) is 0 Å². The number of hydrogen-bond acceptors (Lipinski definition) is 19. The van der Waals surface area contributed by atoms with Crippen LogP contribution in [-0.4, -0.2) is 142 Å². The summed E-state index contributed by atoms with van der Waals surface area (Å²) in [5.74, 6) is -1.14. The maximum atomic E-state index is 13.7. The first-order chi connectivity index (χ1) is 35.0. The number of rotatable bonds is 22. The van der Waals surface area contributed by atoms with Crippen LogP contribution in [0.5, 0.6) is 5.75 Å². The highest BCUT2D eigenvalue weighted by Crippen LogP contribution is 2.28. The number of benzene rings is 2. The second-order valence-corrected chi connectivity index (χ2v) is 19.5. The number of aliphatic imine (C=N–C) groups is 2. The molecule has 0 aliphatic carbocycles. The molecule has 25 heteroatoms. The summed E-state index contributed by atoms with van der Waals surface area (Å²) in [4.78, 5) is 67.4. The van der Waals surface area contributed by atoms with Crippen LogP contribution < -0.4 is 48.5 Å². The highest BCUT2D eigenvalue weighted by Gasteiger charge is 2.38. The second-order valence-electron chi connectivity index (χ2n) is 19.2. The van der Waals surface area contributed by atoms with Crippen LogP contribution in [0.4, 0.5) is 21.2 Å². The number of aliphatic hydroxyl groups excluding tert-OH is 3. The summed E-state index contributed by atoms with van der Waals surface area (Å²) < 4.78 is 28.3. The third-order valence-electron chi connectivity index (χ3n) is 10.6. The first kappa shape index (κ1) is 60.1. The number of unbranched alkanes of at least 4 members (excludes halogenated alkanes) is 2. The Bertz CT molecular complexity index is 2300. The van der Waals surface area contributed by atoms with Crippen LogP contribution in [0.3, 0.4) is 0 Å². The van der Waals surface area contributed by atoms with E-state index >= 15 is 0 Å². The fourth-order valence-corrected chi connectivity index (χ4v) is 7.13. The van der Waals surface area contributed by atoms with Gasteiger partial charge in [-0.05, 0) is 104 Å². The summed E-state index contributed by atoms with van der Waals surface area (Å²) in [5, 5.41) is 46.4. The fraction of sp³-hybridized carbons (Fsp3) is 0.551. The van der Waals surface area contributed by atoms with Gasteiger partial charge in [0, 0.05) is 25.2 Å². The average molecular weight is 1060 g/mol. The summed E-state index contributed by atoms with van der Waals surface area (Å²) in [6.07, 6.45) is -4.54. The van der Waals surface area contributed by atoms with Crippen molar-refractivity contribution in [2.24, 2.45) is 15.7 Å². The maximum Gasteiger partial charge on any atom is 0.414 e. The molecule has 74 heavy (non-hydrogen) atoms. The molecule has 408 valence electrons. The number of hydrogen-bond donors (Lipinski definition) is 11. The smallest absolute Gasteiger partial charge is 0.414 e. The molecule has 6 atom stereocenters. The number of aryl methyl sites for hydroxylation is 1. The second kappa shape index (κ2) is 29.5. The fourth-order valence-electron chi connectivity index (χ4n) is 7.00. The minimum absolute atomic E-state index is 0.103. The number of alkyl carbamates (subject to hydrolysis) is 2. The molecule has 24 nitrogen and oxygen atoms in total. The van der Waals surface area contributed by atoms with Crippen LogP contribution in [0.1, 0.15) is 108 Å². The molecule has 1 fully saturated rings. The number of nitrogen functional groups attached to an aromatic ring is 2. The van der Waals surface area contributed by atoms with Gasteiger partial charge >= 0.3 is 12.2 Å². The van der Waals surface area contributed by atoms with Crippen molar-refractivity contribution < 1.29 is 58.2 Å². The number of amides is 4. The van der Waals surface area contributed by atoms with Gasteiger partial charge in [-0.1, -0.05) is 54.1 Å². The number of carbonyl (C=O) groups excluding carboxylic acids is 4. The van der Waals surface area contributed by atoms with Gasteiger partial charge in [0.1, 0.15) is 35.8 Å². The summed E-state index contributed by atoms with van der Waals surface area (Å²) >= 11 is 5.85. The van der Waals surface area contributed by atoms with Crippen molar-refractivity contribution in [1.29, 1.82) is 0 Å². The van der Waals surface area contributed by atoms with E-state index in [0.29, 0.717) is 37.1 Å². The zero-order chi connectivity index (χ0) is 54.4. The van der Waals surface area contributed by atoms with Crippen LogP contribution in [-0.2, 0) is 30.2 Å². The predicted molar refractivity (Wildman–Crippen MR) is 277 cm³/mol. The molecular formula is C49H73ClN12O12. The van der Waals surface area contributed by atoms with Gasteiger partial charge in [0.2, 0.25) is 11.9 Å². The predicted octanol–water partition coefficient (Wildman–Crippen LogP) is 2.98. The number of aromatic nitrogens is 2. The van der Waals surface area contributed by atoms with Gasteiger partial charge in [-0.15, -0.1) is 0 Å². The highest BCUT2D eigenvalue weighted by atomic mass is 35.5. The lowest BCUT2D eigenvalue weighted by Crippen LogP contribution is -2.53. The monoisotopic (exact) mass is 1060 g/mol. The molecule has 1 aliphatic heterocycles. The molecule has 14 N–H and O–H groups in total. The van der Waals surface area contributed by atoms with Gasteiger partial charge in [-0.2, -0.15) is 0 Å². The molecule has 4 amide bonds. The topological polar surface area (TPSA) is 364 Å². The van der Waals surface area contributed by atoms with Gasteiger partial charge < -0.3 is 66.8 Å². The van der Waals surface area contributed by atoms with Crippen molar-refractivity contribution in [1.82, 2.24) is 36.6 Å². The molecule has 1 saturated heterocycles. The van der Waals surface area contributed by atoms with E-state index in [1.54, 1.807) is 53.7 Å². The standard InChI is InChI=1S/C49H73ClN12O12/c1-48(2,3)73-46(68)61-45(62-47(69)74-49(4,5)6)56-24-13-11-17-32(57-28-34(64)36(65)37-33(63)22-26-71-43(72-37)30-15-8-7-9-16-30)41(66)54-25-27-70-31-20-18-29(19-21-31)14-10-12-23-55-44(53)60-42(67)35-39(51)59-40(52)38(50)58-35/h7-9,15-16,18-21,32-34,36-37,43,57,63-65H,10-14,17,22-28H2,1-6H3,(H,54,66)(H4,51,52,59)(H3,53,55,60,67)(H2,56,61,62,68,69)/t32-,33+,34-,36+,37+,43?/m0/s1. The highest BCUT2D eigenvalue weighted by molar-refractivity contribution is 6.31. The quantitative estimate of drug-likeness (QED) is 0.0391. The van der Waals surface area contributed by atoms with Gasteiger partial charge in [0.25, 0.3) is 5.91 Å². The third kappa shape index (κ3) is 22.0. The molecule has 2 heterocycles.